The molecule has 0 saturated heterocycles. The number of esters is 1. The molecule has 27 heavy (non-hydrogen) atoms. The molecule has 5 nitrogen and oxygen atoms in total. The molecule has 0 fully saturated rings. The van der Waals surface area contributed by atoms with Crippen LogP contribution in [0.4, 0.5) is 0 Å². The lowest BCUT2D eigenvalue weighted by atomic mass is 10.1. The second-order valence-electron chi connectivity index (χ2n) is 6.14. The van der Waals surface area contributed by atoms with Gasteiger partial charge in [-0.05, 0) is 54.6 Å². The zero-order valence-electron chi connectivity index (χ0n) is 13.9. The quantitative estimate of drug-likeness (QED) is 0.344. The molecule has 0 aliphatic carbocycles. The van der Waals surface area contributed by atoms with Gasteiger partial charge in [-0.1, -0.05) is 23.7 Å². The molecule has 0 atom stereocenters. The zero-order valence-corrected chi connectivity index (χ0v) is 14.7. The summed E-state index contributed by atoms with van der Waals surface area (Å²) in [7, 11) is 0. The molecule has 0 spiro atoms. The van der Waals surface area contributed by atoms with E-state index in [1.54, 1.807) is 36.4 Å². The molecule has 5 rings (SSSR count). The number of hydrogen-bond acceptors (Lipinski definition) is 4. The van der Waals surface area contributed by atoms with E-state index in [2.05, 4.69) is 9.97 Å². The summed E-state index contributed by atoms with van der Waals surface area (Å²) in [5.41, 5.74) is 4.34. The van der Waals surface area contributed by atoms with Crippen LogP contribution < -0.4 is 4.74 Å². The minimum atomic E-state index is -0.442. The smallest absolute Gasteiger partial charge is 0.343 e. The summed E-state index contributed by atoms with van der Waals surface area (Å²) in [5, 5.41) is 1.41. The summed E-state index contributed by atoms with van der Waals surface area (Å²) in [6.45, 7) is 0. The number of nitrogens with zero attached hydrogens (tertiary/aromatic N) is 2. The second-order valence-corrected chi connectivity index (χ2v) is 6.57. The van der Waals surface area contributed by atoms with Gasteiger partial charge in [0.15, 0.2) is 5.65 Å². The van der Waals surface area contributed by atoms with Crippen molar-refractivity contribution in [2.24, 2.45) is 0 Å². The summed E-state index contributed by atoms with van der Waals surface area (Å²) < 4.78 is 5.42. The van der Waals surface area contributed by atoms with Crippen LogP contribution in [-0.4, -0.2) is 20.9 Å². The van der Waals surface area contributed by atoms with Crippen LogP contribution in [0.5, 0.6) is 5.75 Å². The van der Waals surface area contributed by atoms with Crippen molar-refractivity contribution in [3.63, 3.8) is 0 Å². The number of H-pyrrole nitrogens is 1. The molecule has 0 aliphatic heterocycles. The van der Waals surface area contributed by atoms with Crippen LogP contribution in [-0.2, 0) is 0 Å². The Hall–Kier alpha value is -3.44. The molecule has 0 radical (unpaired) electrons. The molecule has 0 aliphatic rings. The molecule has 0 unspecified atom stereocenters. The highest BCUT2D eigenvalue weighted by Gasteiger charge is 2.14. The number of nitrogens with one attached hydrogen (secondary N) is 1. The van der Waals surface area contributed by atoms with E-state index < -0.39 is 5.97 Å². The lowest BCUT2D eigenvalue weighted by Crippen LogP contribution is -2.08. The van der Waals surface area contributed by atoms with Gasteiger partial charge in [-0.25, -0.2) is 14.8 Å². The Morgan fingerprint density at radius 1 is 0.926 bits per heavy atom. The first-order valence-corrected chi connectivity index (χ1v) is 8.71. The van der Waals surface area contributed by atoms with Crippen LogP contribution in [0.1, 0.15) is 10.4 Å². The fourth-order valence-electron chi connectivity index (χ4n) is 3.05. The van der Waals surface area contributed by atoms with Gasteiger partial charge < -0.3 is 9.72 Å². The number of carbonyl (C=O) groups excluding carboxylic acids is 1. The Labute approximate surface area is 158 Å². The highest BCUT2D eigenvalue weighted by molar-refractivity contribution is 6.30. The van der Waals surface area contributed by atoms with Gasteiger partial charge in [-0.15, -0.1) is 0 Å². The molecule has 0 saturated carbocycles. The average molecular weight is 374 g/mol. The van der Waals surface area contributed by atoms with E-state index in [1.807, 2.05) is 30.3 Å². The molecule has 0 amide bonds. The van der Waals surface area contributed by atoms with E-state index in [0.29, 0.717) is 22.0 Å². The predicted molar refractivity (Wildman–Crippen MR) is 105 cm³/mol. The number of aromatic amines is 1. The van der Waals surface area contributed by atoms with Crippen molar-refractivity contribution < 1.29 is 9.53 Å². The first kappa shape index (κ1) is 15.8. The lowest BCUT2D eigenvalue weighted by Gasteiger charge is -2.04. The molecule has 5 aromatic rings. The van der Waals surface area contributed by atoms with E-state index in [9.17, 15) is 4.79 Å². The summed E-state index contributed by atoms with van der Waals surface area (Å²) >= 11 is 5.86. The molecule has 1 N–H and O–H groups in total. The topological polar surface area (TPSA) is 67.9 Å². The van der Waals surface area contributed by atoms with Gasteiger partial charge in [0.25, 0.3) is 0 Å². The van der Waals surface area contributed by atoms with Crippen LogP contribution in [0.15, 0.2) is 66.7 Å². The average Bonchev–Trinajstić information content (AvgIpc) is 3.04. The van der Waals surface area contributed by atoms with Gasteiger partial charge in [0, 0.05) is 15.9 Å². The van der Waals surface area contributed by atoms with Crippen molar-refractivity contribution >= 4 is 50.7 Å². The van der Waals surface area contributed by atoms with Gasteiger partial charge in [0.2, 0.25) is 0 Å². The van der Waals surface area contributed by atoms with E-state index in [0.717, 1.165) is 27.5 Å². The minimum absolute atomic E-state index is 0.438. The number of rotatable bonds is 2. The maximum Gasteiger partial charge on any atom is 0.343 e. The van der Waals surface area contributed by atoms with Crippen molar-refractivity contribution in [3.05, 3.63) is 77.3 Å². The van der Waals surface area contributed by atoms with Gasteiger partial charge in [0.05, 0.1) is 16.6 Å². The first-order valence-electron chi connectivity index (χ1n) is 8.33. The van der Waals surface area contributed by atoms with E-state index in [-0.39, 0.29) is 0 Å². The molecule has 6 heteroatoms. The van der Waals surface area contributed by atoms with Crippen LogP contribution in [0.2, 0.25) is 5.02 Å². The van der Waals surface area contributed by atoms with Gasteiger partial charge in [-0.3, -0.25) is 0 Å². The third-order valence-corrected chi connectivity index (χ3v) is 4.61. The van der Waals surface area contributed by atoms with Crippen molar-refractivity contribution in [1.82, 2.24) is 15.0 Å². The van der Waals surface area contributed by atoms with Gasteiger partial charge in [-0.2, -0.15) is 0 Å². The monoisotopic (exact) mass is 373 g/mol. The van der Waals surface area contributed by atoms with Crippen molar-refractivity contribution in [1.29, 1.82) is 0 Å². The van der Waals surface area contributed by atoms with E-state index in [1.165, 1.54) is 0 Å². The summed E-state index contributed by atoms with van der Waals surface area (Å²) in [6.07, 6.45) is 0. The Morgan fingerprint density at radius 2 is 1.67 bits per heavy atom. The number of aromatic nitrogens is 3. The Bertz CT molecular complexity index is 1330. The lowest BCUT2D eigenvalue weighted by molar-refractivity contribution is 0.0735. The van der Waals surface area contributed by atoms with E-state index >= 15 is 0 Å². The number of hydrogen-bond donors (Lipinski definition) is 1. The maximum atomic E-state index is 12.5. The largest absolute Gasteiger partial charge is 0.423 e. The fraction of sp³-hybridized carbons (Fsp3) is 0. The highest BCUT2D eigenvalue weighted by Crippen LogP contribution is 2.26. The molecular weight excluding hydrogens is 362 g/mol. The van der Waals surface area contributed by atoms with Crippen LogP contribution in [0, 0.1) is 0 Å². The molecule has 2 aromatic heterocycles. The second kappa shape index (κ2) is 6.07. The first-order chi connectivity index (χ1) is 13.2. The van der Waals surface area contributed by atoms with Gasteiger partial charge >= 0.3 is 5.97 Å². The normalized spacial score (nSPS) is 11.3. The van der Waals surface area contributed by atoms with Gasteiger partial charge in [0.1, 0.15) is 11.3 Å². The molecule has 2 heterocycles. The Morgan fingerprint density at radius 3 is 2.44 bits per heavy atom. The fourth-order valence-corrected chi connectivity index (χ4v) is 3.17. The van der Waals surface area contributed by atoms with E-state index in [4.69, 9.17) is 21.3 Å². The number of carbonyl (C=O) groups is 1. The Kier molecular flexibility index (Phi) is 3.55. The number of benzene rings is 3. The molecular formula is C21H12ClN3O2. The Balaban J connectivity index is 1.59. The third-order valence-electron chi connectivity index (χ3n) is 4.36. The minimum Gasteiger partial charge on any atom is -0.423 e. The summed E-state index contributed by atoms with van der Waals surface area (Å²) in [4.78, 5) is 25.1. The third kappa shape index (κ3) is 2.78. The highest BCUT2D eigenvalue weighted by atomic mass is 35.5. The van der Waals surface area contributed by atoms with Crippen LogP contribution in [0.25, 0.3) is 33.1 Å². The summed E-state index contributed by atoms with van der Waals surface area (Å²) in [6, 6.07) is 19.7. The standard InChI is InChI=1S/C21H12ClN3O2/c22-13-6-8-14(9-7-13)27-21(26)12-5-10-16-15(11-12)19-20(24-16)25-18-4-2-1-3-17(18)23-19/h1-11H,(H,24,25). The molecule has 0 bridgehead atoms. The zero-order chi connectivity index (χ0) is 18.4. The van der Waals surface area contributed by atoms with Crippen molar-refractivity contribution in [3.8, 4) is 5.75 Å². The van der Waals surface area contributed by atoms with Crippen LogP contribution in [0.3, 0.4) is 0 Å². The number of halogens is 1. The van der Waals surface area contributed by atoms with Crippen molar-refractivity contribution in [2.45, 2.75) is 0 Å². The number of para-hydroxylation sites is 2. The number of fused-ring (bicyclic) bond motifs is 4. The predicted octanol–water partition coefficient (Wildman–Crippen LogP) is 5.14. The summed E-state index contributed by atoms with van der Waals surface area (Å²) in [5.74, 6) is -0.00321. The number of ether oxygens (including phenoxy) is 1. The van der Waals surface area contributed by atoms with Crippen molar-refractivity contribution in [2.75, 3.05) is 0 Å². The maximum absolute atomic E-state index is 12.5. The SMILES string of the molecule is O=C(Oc1ccc(Cl)cc1)c1ccc2[nH]c3nc4ccccc4nc3c2c1. The molecule has 3 aromatic carbocycles. The molecule has 130 valence electrons. The van der Waals surface area contributed by atoms with Crippen LogP contribution >= 0.6 is 11.6 Å².